The minimum atomic E-state index is -1.75. The fourth-order valence-electron chi connectivity index (χ4n) is 2.24. The lowest BCUT2D eigenvalue weighted by atomic mass is 9.72. The van der Waals surface area contributed by atoms with Crippen molar-refractivity contribution in [2.45, 2.75) is 72.5 Å². The van der Waals surface area contributed by atoms with Gasteiger partial charge in [0.15, 0.2) is 8.32 Å². The van der Waals surface area contributed by atoms with Gasteiger partial charge in [-0.05, 0) is 50.9 Å². The van der Waals surface area contributed by atoms with Crippen LogP contribution in [0.1, 0.15) is 54.4 Å². The molecule has 0 amide bonds. The average molecular weight is 283 g/mol. The minimum absolute atomic E-state index is 0.213. The molecular weight excluding hydrogens is 252 g/mol. The maximum Gasteiger partial charge on any atom is 0.192 e. The van der Waals surface area contributed by atoms with Gasteiger partial charge in [-0.25, -0.2) is 0 Å². The Morgan fingerprint density at radius 3 is 2.21 bits per heavy atom. The van der Waals surface area contributed by atoms with Crippen LogP contribution in [0, 0.1) is 5.41 Å². The van der Waals surface area contributed by atoms with Crippen LogP contribution in [-0.4, -0.2) is 20.7 Å². The third-order valence-electron chi connectivity index (χ3n) is 5.08. The first-order chi connectivity index (χ1) is 8.39. The summed E-state index contributed by atoms with van der Waals surface area (Å²) in [7, 11) is -1.75. The molecule has 0 bridgehead atoms. The van der Waals surface area contributed by atoms with Crippen LogP contribution in [0.25, 0.3) is 0 Å². The molecular formula is C16H30O2Si. The van der Waals surface area contributed by atoms with Crippen LogP contribution in [-0.2, 0) is 9.22 Å². The summed E-state index contributed by atoms with van der Waals surface area (Å²) in [5.74, 6) is 0.354. The predicted molar refractivity (Wildman–Crippen MR) is 83.9 cm³/mol. The molecule has 1 aliphatic carbocycles. The summed E-state index contributed by atoms with van der Waals surface area (Å²) in [6.07, 6.45) is 1.58. The molecule has 0 N–H and O–H groups in total. The van der Waals surface area contributed by atoms with E-state index in [1.54, 1.807) is 0 Å². The molecule has 0 heterocycles. The van der Waals surface area contributed by atoms with E-state index in [1.807, 2.05) is 13.8 Å². The van der Waals surface area contributed by atoms with Gasteiger partial charge in [0, 0.05) is 11.8 Å². The zero-order valence-corrected chi connectivity index (χ0v) is 14.9. The van der Waals surface area contributed by atoms with Crippen LogP contribution < -0.4 is 0 Å². The topological polar surface area (TPSA) is 26.3 Å². The SMILES string of the molecule is CC1=C(CO[Si](C)(C)C(C)(C)C)C(C)(C)C(=O)CC1. The standard InChI is InChI=1S/C16H30O2Si/c1-12-9-10-14(17)16(5,6)13(12)11-18-19(7,8)15(2,3)4/h9-11H2,1-8H3. The maximum atomic E-state index is 12.1. The molecule has 1 aliphatic rings. The van der Waals surface area contributed by atoms with Gasteiger partial charge in [0.2, 0.25) is 0 Å². The summed E-state index contributed by atoms with van der Waals surface area (Å²) in [6.45, 7) is 18.1. The lowest BCUT2D eigenvalue weighted by Crippen LogP contribution is -2.43. The lowest BCUT2D eigenvalue weighted by molar-refractivity contribution is -0.126. The first kappa shape index (κ1) is 16.6. The highest BCUT2D eigenvalue weighted by atomic mass is 28.4. The third-order valence-corrected chi connectivity index (χ3v) is 9.56. The van der Waals surface area contributed by atoms with Gasteiger partial charge in [-0.3, -0.25) is 4.79 Å². The van der Waals surface area contributed by atoms with E-state index in [0.29, 0.717) is 18.8 Å². The molecule has 0 unspecified atom stereocenters. The first-order valence-corrected chi connectivity index (χ1v) is 10.2. The Morgan fingerprint density at radius 1 is 1.21 bits per heavy atom. The van der Waals surface area contributed by atoms with E-state index in [2.05, 4.69) is 40.8 Å². The molecule has 110 valence electrons. The van der Waals surface area contributed by atoms with Crippen molar-refractivity contribution in [3.8, 4) is 0 Å². The summed E-state index contributed by atoms with van der Waals surface area (Å²) >= 11 is 0. The average Bonchev–Trinajstić information content (AvgIpc) is 2.22. The van der Waals surface area contributed by atoms with Crippen molar-refractivity contribution in [2.75, 3.05) is 6.61 Å². The number of ketones is 1. The Morgan fingerprint density at radius 2 is 1.74 bits per heavy atom. The van der Waals surface area contributed by atoms with Crippen molar-refractivity contribution in [3.05, 3.63) is 11.1 Å². The molecule has 0 radical (unpaired) electrons. The van der Waals surface area contributed by atoms with Gasteiger partial charge < -0.3 is 4.43 Å². The number of rotatable bonds is 3. The monoisotopic (exact) mass is 282 g/mol. The second-order valence-electron chi connectivity index (χ2n) is 7.86. The quantitative estimate of drug-likeness (QED) is 0.553. The Bertz CT molecular complexity index is 397. The number of Topliss-reactive ketones (excluding diaryl/α,β-unsaturated/α-hetero) is 1. The van der Waals surface area contributed by atoms with Crippen LogP contribution in [0.3, 0.4) is 0 Å². The number of carbonyl (C=O) groups is 1. The van der Waals surface area contributed by atoms with E-state index < -0.39 is 8.32 Å². The van der Waals surface area contributed by atoms with Crippen molar-refractivity contribution in [1.82, 2.24) is 0 Å². The number of hydrogen-bond donors (Lipinski definition) is 0. The second kappa shape index (κ2) is 5.17. The summed E-state index contributed by atoms with van der Waals surface area (Å²) in [5.41, 5.74) is 2.22. The van der Waals surface area contributed by atoms with Gasteiger partial charge in [0.25, 0.3) is 0 Å². The van der Waals surface area contributed by atoms with Crippen LogP contribution in [0.5, 0.6) is 0 Å². The van der Waals surface area contributed by atoms with E-state index >= 15 is 0 Å². The number of hydrogen-bond acceptors (Lipinski definition) is 2. The molecule has 0 saturated carbocycles. The van der Waals surface area contributed by atoms with Crippen LogP contribution in [0.2, 0.25) is 18.1 Å². The lowest BCUT2D eigenvalue weighted by Gasteiger charge is -2.39. The summed E-state index contributed by atoms with van der Waals surface area (Å²) in [6, 6.07) is 0. The summed E-state index contributed by atoms with van der Waals surface area (Å²) in [4.78, 5) is 12.1. The van der Waals surface area contributed by atoms with E-state index in [-0.39, 0.29) is 10.5 Å². The third kappa shape index (κ3) is 3.37. The predicted octanol–water partition coefficient (Wildman–Crippen LogP) is 4.71. The molecule has 0 fully saturated rings. The fraction of sp³-hybridized carbons (Fsp3) is 0.812. The van der Waals surface area contributed by atoms with E-state index in [4.69, 9.17) is 4.43 Å². The highest BCUT2D eigenvalue weighted by Crippen LogP contribution is 2.41. The van der Waals surface area contributed by atoms with Gasteiger partial charge in [0.05, 0.1) is 6.61 Å². The maximum absolute atomic E-state index is 12.1. The molecule has 0 aromatic rings. The van der Waals surface area contributed by atoms with Crippen LogP contribution in [0.15, 0.2) is 11.1 Å². The fourth-order valence-corrected chi connectivity index (χ4v) is 3.18. The normalized spacial score (nSPS) is 20.9. The molecule has 0 atom stereocenters. The van der Waals surface area contributed by atoms with E-state index in [0.717, 1.165) is 6.42 Å². The smallest absolute Gasteiger partial charge is 0.192 e. The first-order valence-electron chi connectivity index (χ1n) is 7.26. The second-order valence-corrected chi connectivity index (χ2v) is 12.7. The Hall–Kier alpha value is -0.413. The minimum Gasteiger partial charge on any atom is -0.413 e. The van der Waals surface area contributed by atoms with Crippen molar-refractivity contribution in [3.63, 3.8) is 0 Å². The molecule has 0 saturated heterocycles. The Kier molecular flexibility index (Phi) is 4.53. The molecule has 19 heavy (non-hydrogen) atoms. The van der Waals surface area contributed by atoms with Crippen LogP contribution >= 0.6 is 0 Å². The summed E-state index contributed by atoms with van der Waals surface area (Å²) < 4.78 is 6.32. The molecule has 0 aromatic heterocycles. The Balaban J connectivity index is 2.90. The largest absolute Gasteiger partial charge is 0.413 e. The molecule has 0 aliphatic heterocycles. The zero-order chi connectivity index (χ0) is 15.1. The zero-order valence-electron chi connectivity index (χ0n) is 13.9. The number of allylic oxidation sites excluding steroid dienone is 1. The number of carbonyl (C=O) groups excluding carboxylic acids is 1. The van der Waals surface area contributed by atoms with Crippen molar-refractivity contribution in [2.24, 2.45) is 5.41 Å². The van der Waals surface area contributed by atoms with E-state index in [1.165, 1.54) is 11.1 Å². The molecule has 3 heteroatoms. The molecule has 0 aromatic carbocycles. The van der Waals surface area contributed by atoms with Crippen molar-refractivity contribution < 1.29 is 9.22 Å². The molecule has 1 rings (SSSR count). The molecule has 0 spiro atoms. The van der Waals surface area contributed by atoms with Gasteiger partial charge in [-0.15, -0.1) is 0 Å². The molecule has 2 nitrogen and oxygen atoms in total. The van der Waals surface area contributed by atoms with Crippen molar-refractivity contribution >= 4 is 14.1 Å². The van der Waals surface area contributed by atoms with Crippen LogP contribution in [0.4, 0.5) is 0 Å². The van der Waals surface area contributed by atoms with Crippen molar-refractivity contribution in [1.29, 1.82) is 0 Å². The van der Waals surface area contributed by atoms with Gasteiger partial charge in [0.1, 0.15) is 5.78 Å². The highest BCUT2D eigenvalue weighted by molar-refractivity contribution is 6.74. The van der Waals surface area contributed by atoms with E-state index in [9.17, 15) is 4.79 Å². The summed E-state index contributed by atoms with van der Waals surface area (Å²) in [5, 5.41) is 0.213. The Labute approximate surface area is 119 Å². The highest BCUT2D eigenvalue weighted by Gasteiger charge is 2.40. The van der Waals surface area contributed by atoms with Gasteiger partial charge in [-0.2, -0.15) is 0 Å². The van der Waals surface area contributed by atoms with Gasteiger partial charge >= 0.3 is 0 Å². The van der Waals surface area contributed by atoms with Gasteiger partial charge in [-0.1, -0.05) is 26.3 Å².